The first-order valence-electron chi connectivity index (χ1n) is 10.3. The number of carbonyl (C=O) groups is 1. The molecule has 5 nitrogen and oxygen atoms in total. The van der Waals surface area contributed by atoms with Crippen molar-refractivity contribution in [2.75, 3.05) is 45.3 Å². The largest absolute Gasteiger partial charge is 0.493 e. The van der Waals surface area contributed by atoms with Gasteiger partial charge in [0.25, 0.3) is 0 Å². The zero-order chi connectivity index (χ0) is 21.0. The highest BCUT2D eigenvalue weighted by atomic mass is 16.5. The molecule has 0 saturated carbocycles. The Morgan fingerprint density at radius 1 is 1.00 bits per heavy atom. The Hall–Kier alpha value is -2.69. The molecular weight excluding hydrogens is 364 g/mol. The third-order valence-electron chi connectivity index (χ3n) is 5.92. The van der Waals surface area contributed by atoms with E-state index < -0.39 is 0 Å². The molecule has 1 aliphatic rings. The third-order valence-corrected chi connectivity index (χ3v) is 5.92. The number of methoxy groups -OCH3 is 2. The van der Waals surface area contributed by atoms with E-state index in [1.807, 2.05) is 30.0 Å². The summed E-state index contributed by atoms with van der Waals surface area (Å²) in [5, 5.41) is 0. The molecule has 1 fully saturated rings. The number of rotatable bonds is 6. The zero-order valence-electron chi connectivity index (χ0n) is 18.2. The number of nitrogens with zero attached hydrogens (tertiary/aromatic N) is 2. The first kappa shape index (κ1) is 21.0. The highest BCUT2D eigenvalue weighted by Crippen LogP contribution is 2.29. The highest BCUT2D eigenvalue weighted by molar-refractivity contribution is 5.79. The number of carbonyl (C=O) groups excluding carboxylic acids is 1. The van der Waals surface area contributed by atoms with E-state index in [0.717, 1.165) is 31.7 Å². The summed E-state index contributed by atoms with van der Waals surface area (Å²) in [5.74, 6) is 1.56. The molecule has 1 amide bonds. The molecule has 0 aliphatic carbocycles. The standard InChI is InChI=1S/C24H32N2O3/c1-17-7-6-8-21(19(17)3)25-11-13-26(14-12-25)24(27)18(2)15-20-9-10-22(28-4)23(16-20)29-5/h6-10,16,18H,11-15H2,1-5H3. The van der Waals surface area contributed by atoms with E-state index in [9.17, 15) is 4.79 Å². The van der Waals surface area contributed by atoms with Crippen LogP contribution in [0.15, 0.2) is 36.4 Å². The lowest BCUT2D eigenvalue weighted by Gasteiger charge is -2.38. The van der Waals surface area contributed by atoms with Gasteiger partial charge in [-0.2, -0.15) is 0 Å². The molecule has 1 heterocycles. The average Bonchev–Trinajstić information content (AvgIpc) is 2.75. The van der Waals surface area contributed by atoms with Crippen molar-refractivity contribution in [3.63, 3.8) is 0 Å². The van der Waals surface area contributed by atoms with Gasteiger partial charge in [0.15, 0.2) is 11.5 Å². The Kier molecular flexibility index (Phi) is 6.68. The maximum Gasteiger partial charge on any atom is 0.225 e. The third kappa shape index (κ3) is 4.66. The van der Waals surface area contributed by atoms with Crippen molar-refractivity contribution in [1.82, 2.24) is 4.90 Å². The van der Waals surface area contributed by atoms with Crippen LogP contribution in [0.4, 0.5) is 5.69 Å². The number of aryl methyl sites for hydroxylation is 1. The van der Waals surface area contributed by atoms with Crippen LogP contribution in [0.5, 0.6) is 11.5 Å². The molecule has 5 heteroatoms. The van der Waals surface area contributed by atoms with Gasteiger partial charge in [0.05, 0.1) is 14.2 Å². The fraction of sp³-hybridized carbons (Fsp3) is 0.458. The molecule has 1 unspecified atom stereocenters. The number of piperazine rings is 1. The molecule has 0 radical (unpaired) electrons. The Morgan fingerprint density at radius 3 is 2.34 bits per heavy atom. The lowest BCUT2D eigenvalue weighted by atomic mass is 9.99. The molecule has 2 aromatic carbocycles. The van der Waals surface area contributed by atoms with E-state index in [-0.39, 0.29) is 11.8 Å². The molecule has 156 valence electrons. The molecule has 0 aromatic heterocycles. The SMILES string of the molecule is COc1ccc(CC(C)C(=O)N2CCN(c3cccc(C)c3C)CC2)cc1OC. The molecule has 0 N–H and O–H groups in total. The second-order valence-electron chi connectivity index (χ2n) is 7.83. The van der Waals surface area contributed by atoms with Crippen LogP contribution in [0.2, 0.25) is 0 Å². The van der Waals surface area contributed by atoms with E-state index in [2.05, 4.69) is 36.9 Å². The van der Waals surface area contributed by atoms with Crippen LogP contribution in [0.25, 0.3) is 0 Å². The minimum atomic E-state index is -0.0691. The Bertz CT molecular complexity index is 857. The number of hydrogen-bond donors (Lipinski definition) is 0. The first-order valence-corrected chi connectivity index (χ1v) is 10.3. The van der Waals surface area contributed by atoms with Crippen LogP contribution in [-0.4, -0.2) is 51.2 Å². The van der Waals surface area contributed by atoms with Crippen molar-refractivity contribution in [3.8, 4) is 11.5 Å². The van der Waals surface area contributed by atoms with Gasteiger partial charge in [-0.15, -0.1) is 0 Å². The van der Waals surface area contributed by atoms with E-state index >= 15 is 0 Å². The summed E-state index contributed by atoms with van der Waals surface area (Å²) in [6, 6.07) is 12.3. The average molecular weight is 397 g/mol. The summed E-state index contributed by atoms with van der Waals surface area (Å²) in [6.07, 6.45) is 0.691. The molecule has 0 bridgehead atoms. The molecule has 3 rings (SSSR count). The lowest BCUT2D eigenvalue weighted by molar-refractivity contribution is -0.135. The van der Waals surface area contributed by atoms with Gasteiger partial charge < -0.3 is 19.3 Å². The fourth-order valence-electron chi connectivity index (χ4n) is 4.01. The minimum Gasteiger partial charge on any atom is -0.493 e. The molecule has 29 heavy (non-hydrogen) atoms. The van der Waals surface area contributed by atoms with Gasteiger partial charge in [0.2, 0.25) is 5.91 Å². The van der Waals surface area contributed by atoms with Crippen LogP contribution in [0.1, 0.15) is 23.6 Å². The second-order valence-corrected chi connectivity index (χ2v) is 7.83. The molecule has 1 atom stereocenters. The van der Waals surface area contributed by atoms with Crippen molar-refractivity contribution in [3.05, 3.63) is 53.1 Å². The number of benzene rings is 2. The van der Waals surface area contributed by atoms with Crippen LogP contribution < -0.4 is 14.4 Å². The zero-order valence-corrected chi connectivity index (χ0v) is 18.2. The Balaban J connectivity index is 1.59. The van der Waals surface area contributed by atoms with Gasteiger partial charge in [-0.3, -0.25) is 4.79 Å². The van der Waals surface area contributed by atoms with Gasteiger partial charge in [-0.05, 0) is 55.2 Å². The number of anilines is 1. The predicted octanol–water partition coefficient (Wildman–Crippen LogP) is 3.85. The van der Waals surface area contributed by atoms with Crippen molar-refractivity contribution >= 4 is 11.6 Å². The monoisotopic (exact) mass is 396 g/mol. The smallest absolute Gasteiger partial charge is 0.225 e. The quantitative estimate of drug-likeness (QED) is 0.744. The van der Waals surface area contributed by atoms with Gasteiger partial charge >= 0.3 is 0 Å². The van der Waals surface area contributed by atoms with Crippen LogP contribution >= 0.6 is 0 Å². The predicted molar refractivity (Wildman–Crippen MR) is 117 cm³/mol. The summed E-state index contributed by atoms with van der Waals surface area (Å²) >= 11 is 0. The van der Waals surface area contributed by atoms with Crippen LogP contribution in [-0.2, 0) is 11.2 Å². The van der Waals surface area contributed by atoms with E-state index in [1.54, 1.807) is 14.2 Å². The van der Waals surface area contributed by atoms with Gasteiger partial charge in [-0.1, -0.05) is 25.1 Å². The van der Waals surface area contributed by atoms with E-state index in [0.29, 0.717) is 17.9 Å². The van der Waals surface area contributed by atoms with Gasteiger partial charge in [-0.25, -0.2) is 0 Å². The van der Waals surface area contributed by atoms with Crippen LogP contribution in [0.3, 0.4) is 0 Å². The highest BCUT2D eigenvalue weighted by Gasteiger charge is 2.26. The molecule has 0 spiro atoms. The summed E-state index contributed by atoms with van der Waals surface area (Å²) in [4.78, 5) is 17.4. The lowest BCUT2D eigenvalue weighted by Crippen LogP contribution is -2.50. The van der Waals surface area contributed by atoms with Crippen molar-refractivity contribution in [2.24, 2.45) is 5.92 Å². The van der Waals surface area contributed by atoms with E-state index in [1.165, 1.54) is 16.8 Å². The summed E-state index contributed by atoms with van der Waals surface area (Å²) in [5.41, 5.74) is 5.01. The van der Waals surface area contributed by atoms with Crippen molar-refractivity contribution < 1.29 is 14.3 Å². The van der Waals surface area contributed by atoms with Gasteiger partial charge in [0, 0.05) is 37.8 Å². The second kappa shape index (κ2) is 9.21. The Labute approximate surface area is 174 Å². The maximum absolute atomic E-state index is 13.0. The van der Waals surface area contributed by atoms with Crippen molar-refractivity contribution in [2.45, 2.75) is 27.2 Å². The molecule has 1 aliphatic heterocycles. The normalized spacial score (nSPS) is 15.2. The minimum absolute atomic E-state index is 0.0691. The molecule has 1 saturated heterocycles. The topological polar surface area (TPSA) is 42.0 Å². The fourth-order valence-corrected chi connectivity index (χ4v) is 4.01. The molecular formula is C24H32N2O3. The van der Waals surface area contributed by atoms with E-state index in [4.69, 9.17) is 9.47 Å². The summed E-state index contributed by atoms with van der Waals surface area (Å²) < 4.78 is 10.7. The first-order chi connectivity index (χ1) is 13.9. The number of amides is 1. The maximum atomic E-state index is 13.0. The van der Waals surface area contributed by atoms with Crippen LogP contribution in [0, 0.1) is 19.8 Å². The summed E-state index contributed by atoms with van der Waals surface area (Å²) in [7, 11) is 3.26. The van der Waals surface area contributed by atoms with Gasteiger partial charge in [0.1, 0.15) is 0 Å². The Morgan fingerprint density at radius 2 is 1.69 bits per heavy atom. The van der Waals surface area contributed by atoms with Crippen molar-refractivity contribution in [1.29, 1.82) is 0 Å². The number of hydrogen-bond acceptors (Lipinski definition) is 4. The summed E-state index contributed by atoms with van der Waals surface area (Å²) in [6.45, 7) is 9.61. The molecule has 2 aromatic rings. The number of ether oxygens (including phenoxy) is 2.